The van der Waals surface area contributed by atoms with Crippen molar-refractivity contribution in [1.29, 1.82) is 0 Å². The summed E-state index contributed by atoms with van der Waals surface area (Å²) in [4.78, 5) is 4.08. The summed E-state index contributed by atoms with van der Waals surface area (Å²) in [5.41, 5.74) is 0.892. The quantitative estimate of drug-likeness (QED) is 0.516. The number of halogens is 2. The van der Waals surface area contributed by atoms with Crippen molar-refractivity contribution >= 4 is 39.2 Å². The van der Waals surface area contributed by atoms with Crippen LogP contribution in [0.5, 0.6) is 0 Å². The summed E-state index contributed by atoms with van der Waals surface area (Å²) >= 11 is 12.0. The van der Waals surface area contributed by atoms with E-state index in [1.165, 1.54) is 4.31 Å². The van der Waals surface area contributed by atoms with Crippen molar-refractivity contribution in [3.05, 3.63) is 21.9 Å². The summed E-state index contributed by atoms with van der Waals surface area (Å²) in [6.45, 7) is 5.33. The molecule has 0 saturated heterocycles. The van der Waals surface area contributed by atoms with Gasteiger partial charge < -0.3 is 15.2 Å². The van der Waals surface area contributed by atoms with Crippen LogP contribution < -0.4 is 10.6 Å². The fraction of sp³-hybridized carbons (Fsp3) is 0.643. The Balaban J connectivity index is 2.53. The molecule has 1 aromatic rings. The third-order valence-electron chi connectivity index (χ3n) is 3.63. The van der Waals surface area contributed by atoms with E-state index in [2.05, 4.69) is 15.6 Å². The highest BCUT2D eigenvalue weighted by Crippen LogP contribution is 2.24. The molecule has 1 heterocycles. The molecule has 0 saturated carbocycles. The normalized spacial score (nSPS) is 12.7. The minimum Gasteiger partial charge on any atom is -0.355 e. The molecule has 0 aliphatic heterocycles. The molecule has 1 rings (SSSR count). The van der Waals surface area contributed by atoms with Crippen LogP contribution in [0.3, 0.4) is 0 Å². The van der Waals surface area contributed by atoms with Gasteiger partial charge in [0.05, 0.1) is 17.3 Å². The summed E-state index contributed by atoms with van der Waals surface area (Å²) in [6, 6.07) is 1.77. The predicted molar refractivity (Wildman–Crippen MR) is 100 cm³/mol. The number of guanidine groups is 1. The first-order valence-electron chi connectivity index (χ1n) is 7.68. The van der Waals surface area contributed by atoms with Gasteiger partial charge >= 0.3 is 0 Å². The fourth-order valence-corrected chi connectivity index (χ4v) is 4.02. The molecule has 0 aromatic carbocycles. The predicted octanol–water partition coefficient (Wildman–Crippen LogP) is 1.67. The molecule has 10 heteroatoms. The number of sulfonamides is 1. The van der Waals surface area contributed by atoms with Gasteiger partial charge in [0.25, 0.3) is 0 Å². The van der Waals surface area contributed by atoms with Gasteiger partial charge in [0.15, 0.2) is 5.96 Å². The van der Waals surface area contributed by atoms with Crippen LogP contribution in [0, 0.1) is 0 Å². The zero-order valence-electron chi connectivity index (χ0n) is 14.4. The van der Waals surface area contributed by atoms with Crippen LogP contribution in [0.25, 0.3) is 0 Å². The number of hydrogen-bond donors (Lipinski definition) is 2. The Morgan fingerprint density at radius 2 is 1.92 bits per heavy atom. The van der Waals surface area contributed by atoms with Crippen LogP contribution >= 0.6 is 23.2 Å². The second-order valence-electron chi connectivity index (χ2n) is 5.09. The van der Waals surface area contributed by atoms with Crippen molar-refractivity contribution in [1.82, 2.24) is 19.5 Å². The van der Waals surface area contributed by atoms with Gasteiger partial charge in [0.1, 0.15) is 5.15 Å². The molecule has 0 atom stereocenters. The molecule has 24 heavy (non-hydrogen) atoms. The first kappa shape index (κ1) is 21.1. The van der Waals surface area contributed by atoms with E-state index in [0.29, 0.717) is 35.8 Å². The molecule has 138 valence electrons. The average molecular weight is 398 g/mol. The highest BCUT2D eigenvalue weighted by molar-refractivity contribution is 7.89. The second-order valence-corrected chi connectivity index (χ2v) is 7.94. The highest BCUT2D eigenvalue weighted by atomic mass is 35.5. The van der Waals surface area contributed by atoms with E-state index in [-0.39, 0.29) is 12.3 Å². The van der Waals surface area contributed by atoms with Crippen molar-refractivity contribution in [3.63, 3.8) is 0 Å². The first-order valence-corrected chi connectivity index (χ1v) is 10.0. The van der Waals surface area contributed by atoms with Crippen molar-refractivity contribution < 1.29 is 8.42 Å². The van der Waals surface area contributed by atoms with Crippen LogP contribution in [0.15, 0.2) is 11.1 Å². The molecular weight excluding hydrogens is 373 g/mol. The monoisotopic (exact) mass is 397 g/mol. The van der Waals surface area contributed by atoms with Gasteiger partial charge in [-0.15, -0.1) is 0 Å². The number of aliphatic imine (C=N–C) groups is 1. The van der Waals surface area contributed by atoms with Crippen molar-refractivity contribution in [3.8, 4) is 0 Å². The SMILES string of the molecule is CCN(CC)S(=O)(=O)CCNC(=NC)NCc1cc(Cl)c(Cl)n1C. The molecule has 1 aromatic heterocycles. The zero-order valence-corrected chi connectivity index (χ0v) is 16.8. The maximum absolute atomic E-state index is 12.1. The van der Waals surface area contributed by atoms with E-state index in [9.17, 15) is 8.42 Å². The van der Waals surface area contributed by atoms with Crippen LogP contribution in [0.2, 0.25) is 10.2 Å². The van der Waals surface area contributed by atoms with E-state index >= 15 is 0 Å². The molecule has 7 nitrogen and oxygen atoms in total. The van der Waals surface area contributed by atoms with Crippen molar-refractivity contribution in [2.45, 2.75) is 20.4 Å². The summed E-state index contributed by atoms with van der Waals surface area (Å²) in [6.07, 6.45) is 0. The van der Waals surface area contributed by atoms with E-state index in [4.69, 9.17) is 23.2 Å². The standard InChI is InChI=1S/C14H25Cl2N5O2S/c1-5-21(6-2)24(22,23)8-7-18-14(17-3)19-10-11-9-12(15)13(16)20(11)4/h9H,5-8,10H2,1-4H3,(H2,17,18,19). The summed E-state index contributed by atoms with van der Waals surface area (Å²) in [5.74, 6) is 0.523. The Hall–Kier alpha value is -0.960. The third-order valence-corrected chi connectivity index (χ3v) is 6.49. The molecule has 0 bridgehead atoms. The summed E-state index contributed by atoms with van der Waals surface area (Å²) < 4.78 is 27.5. The second kappa shape index (κ2) is 9.50. The lowest BCUT2D eigenvalue weighted by Crippen LogP contribution is -2.42. The Morgan fingerprint density at radius 1 is 1.29 bits per heavy atom. The molecule has 0 aliphatic carbocycles. The number of nitrogens with zero attached hydrogens (tertiary/aromatic N) is 3. The number of aromatic nitrogens is 1. The van der Waals surface area contributed by atoms with Crippen LogP contribution in [0.1, 0.15) is 19.5 Å². The minimum atomic E-state index is -3.25. The van der Waals surface area contributed by atoms with Crippen LogP contribution in [0.4, 0.5) is 0 Å². The number of rotatable bonds is 8. The Kier molecular flexibility index (Phi) is 8.35. The molecule has 0 amide bonds. The zero-order chi connectivity index (χ0) is 18.3. The smallest absolute Gasteiger partial charge is 0.215 e. The van der Waals surface area contributed by atoms with Gasteiger partial charge in [-0.1, -0.05) is 37.0 Å². The van der Waals surface area contributed by atoms with E-state index < -0.39 is 10.0 Å². The Labute approximate surface area is 154 Å². The van der Waals surface area contributed by atoms with E-state index in [1.807, 2.05) is 20.9 Å². The minimum absolute atomic E-state index is 0.0111. The molecule has 0 radical (unpaired) electrons. The largest absolute Gasteiger partial charge is 0.355 e. The molecule has 0 unspecified atom stereocenters. The third kappa shape index (κ3) is 5.54. The average Bonchev–Trinajstić information content (AvgIpc) is 2.78. The highest BCUT2D eigenvalue weighted by Gasteiger charge is 2.18. The number of hydrogen-bond acceptors (Lipinski definition) is 3. The first-order chi connectivity index (χ1) is 11.3. The lowest BCUT2D eigenvalue weighted by Gasteiger charge is -2.19. The maximum atomic E-state index is 12.1. The van der Waals surface area contributed by atoms with Crippen LogP contribution in [-0.2, 0) is 23.6 Å². The summed E-state index contributed by atoms with van der Waals surface area (Å²) in [5, 5.41) is 7.06. The van der Waals surface area contributed by atoms with Gasteiger partial charge in [-0.2, -0.15) is 0 Å². The van der Waals surface area contributed by atoms with Gasteiger partial charge in [0, 0.05) is 39.4 Å². The lowest BCUT2D eigenvalue weighted by atomic mass is 10.4. The van der Waals surface area contributed by atoms with Gasteiger partial charge in [-0.3, -0.25) is 4.99 Å². The van der Waals surface area contributed by atoms with E-state index in [0.717, 1.165) is 5.69 Å². The van der Waals surface area contributed by atoms with Crippen LogP contribution in [-0.4, -0.2) is 55.7 Å². The molecule has 2 N–H and O–H groups in total. The van der Waals surface area contributed by atoms with Crippen molar-refractivity contribution in [2.75, 3.05) is 32.4 Å². The number of nitrogens with one attached hydrogen (secondary N) is 2. The molecule has 0 spiro atoms. The Bertz CT molecular complexity index is 669. The molecular formula is C14H25Cl2N5O2S. The lowest BCUT2D eigenvalue weighted by molar-refractivity contribution is 0.445. The van der Waals surface area contributed by atoms with Gasteiger partial charge in [-0.25, -0.2) is 12.7 Å². The van der Waals surface area contributed by atoms with Gasteiger partial charge in [0.2, 0.25) is 10.0 Å². The molecule has 0 aliphatic rings. The topological polar surface area (TPSA) is 78.7 Å². The van der Waals surface area contributed by atoms with E-state index in [1.54, 1.807) is 17.7 Å². The molecule has 0 fully saturated rings. The Morgan fingerprint density at radius 3 is 2.38 bits per heavy atom. The summed E-state index contributed by atoms with van der Waals surface area (Å²) in [7, 11) is 0.188. The maximum Gasteiger partial charge on any atom is 0.215 e. The van der Waals surface area contributed by atoms with Crippen molar-refractivity contribution in [2.24, 2.45) is 12.0 Å². The van der Waals surface area contributed by atoms with Gasteiger partial charge in [-0.05, 0) is 6.07 Å². The fourth-order valence-electron chi connectivity index (χ4n) is 2.20.